The molecule has 1 spiro atoms. The minimum atomic E-state index is -1.06. The summed E-state index contributed by atoms with van der Waals surface area (Å²) in [6, 6.07) is 7.27. The highest BCUT2D eigenvalue weighted by molar-refractivity contribution is 6.09. The van der Waals surface area contributed by atoms with Crippen LogP contribution in [0.1, 0.15) is 129 Å². The lowest BCUT2D eigenvalue weighted by Crippen LogP contribution is -2.47. The largest absolute Gasteiger partial charge is 0.508 e. The summed E-state index contributed by atoms with van der Waals surface area (Å²) in [6.07, 6.45) is 10.7. The number of aryl methyl sites for hydroxylation is 1. The maximum absolute atomic E-state index is 12.9. The summed E-state index contributed by atoms with van der Waals surface area (Å²) in [5, 5.41) is 47.3. The zero-order valence-corrected chi connectivity index (χ0v) is 32.5. The van der Waals surface area contributed by atoms with Gasteiger partial charge in [-0.25, -0.2) is 0 Å². The van der Waals surface area contributed by atoms with Crippen molar-refractivity contribution in [1.82, 2.24) is 10.2 Å². The van der Waals surface area contributed by atoms with E-state index in [1.54, 1.807) is 6.07 Å². The molecule has 7 aliphatic rings. The molecule has 5 aliphatic heterocycles. The van der Waals surface area contributed by atoms with Crippen molar-refractivity contribution < 1.29 is 34.7 Å². The van der Waals surface area contributed by atoms with Crippen molar-refractivity contribution in [3.8, 4) is 41.1 Å². The number of carbonyl (C=O) groups is 1. The molecule has 57 heavy (non-hydrogen) atoms. The van der Waals surface area contributed by atoms with Gasteiger partial charge in [-0.3, -0.25) is 15.1 Å². The normalized spacial score (nSPS) is 28.2. The number of hydrogen-bond donors (Lipinski definition) is 6. The number of allylic oxidation sites excluding steroid dienone is 1. The van der Waals surface area contributed by atoms with Crippen LogP contribution in [0.4, 0.5) is 0 Å². The number of nitrogens with one attached hydrogen (secondary N) is 1. The molecular formula is C46H52N4O7. The average Bonchev–Trinajstić information content (AvgIpc) is 3.93. The number of rotatable bonds is 9. The van der Waals surface area contributed by atoms with Crippen molar-refractivity contribution in [2.75, 3.05) is 13.1 Å². The molecule has 5 heterocycles. The van der Waals surface area contributed by atoms with E-state index in [1.165, 1.54) is 11.6 Å². The molecule has 11 nitrogen and oxygen atoms in total. The highest BCUT2D eigenvalue weighted by Crippen LogP contribution is 2.53. The summed E-state index contributed by atoms with van der Waals surface area (Å²) in [7, 11) is 0. The maximum atomic E-state index is 12.9. The number of aliphatic hydroxyl groups excluding tert-OH is 3. The van der Waals surface area contributed by atoms with E-state index >= 15 is 0 Å². The molecule has 0 radical (unpaired) electrons. The molecular weight excluding hydrogens is 721 g/mol. The van der Waals surface area contributed by atoms with E-state index in [1.807, 2.05) is 19.2 Å². The Bertz CT molecular complexity index is 2180. The van der Waals surface area contributed by atoms with Crippen molar-refractivity contribution in [2.24, 2.45) is 22.1 Å². The van der Waals surface area contributed by atoms with Crippen molar-refractivity contribution in [1.29, 1.82) is 0 Å². The number of aliphatic imine (C=N–C) groups is 1. The molecule has 11 heteroatoms. The highest BCUT2D eigenvalue weighted by Gasteiger charge is 2.49. The van der Waals surface area contributed by atoms with Crippen molar-refractivity contribution >= 4 is 11.5 Å². The van der Waals surface area contributed by atoms with Gasteiger partial charge in [0.1, 0.15) is 23.7 Å². The van der Waals surface area contributed by atoms with Crippen LogP contribution < -0.4 is 20.5 Å². The number of Topliss-reactive ketones (excluding diaryl/α,β-unsaturated/α-hetero) is 1. The predicted molar refractivity (Wildman–Crippen MR) is 214 cm³/mol. The number of nitrogens with zero attached hydrogens (tertiary/aromatic N) is 2. The first-order valence-electron chi connectivity index (χ1n) is 20.8. The number of phenols is 1. The van der Waals surface area contributed by atoms with Gasteiger partial charge in [0, 0.05) is 49.3 Å². The highest BCUT2D eigenvalue weighted by atomic mass is 16.5. The summed E-state index contributed by atoms with van der Waals surface area (Å²) in [5.41, 5.74) is 14.0. The molecule has 9 rings (SSSR count). The molecule has 0 saturated heterocycles. The molecule has 298 valence electrons. The number of fused-ring (bicyclic) bond motifs is 6. The Morgan fingerprint density at radius 3 is 2.75 bits per heavy atom. The number of benzene rings is 2. The topological polar surface area (TPSA) is 170 Å². The van der Waals surface area contributed by atoms with Crippen LogP contribution in [0.2, 0.25) is 0 Å². The van der Waals surface area contributed by atoms with Crippen LogP contribution in [-0.4, -0.2) is 68.3 Å². The first-order valence-corrected chi connectivity index (χ1v) is 20.8. The molecule has 2 bridgehead atoms. The Morgan fingerprint density at radius 1 is 1.11 bits per heavy atom. The fourth-order valence-corrected chi connectivity index (χ4v) is 10.5. The quantitative estimate of drug-likeness (QED) is 0.186. The van der Waals surface area contributed by atoms with Gasteiger partial charge in [-0.15, -0.1) is 0 Å². The van der Waals surface area contributed by atoms with Crippen LogP contribution in [-0.2, 0) is 11.2 Å². The van der Waals surface area contributed by atoms with E-state index in [9.17, 15) is 25.2 Å². The van der Waals surface area contributed by atoms with Crippen molar-refractivity contribution in [3.05, 3.63) is 75.6 Å². The molecule has 7 N–H and O–H groups in total. The fraction of sp³-hybridized carbons (Fsp3) is 0.522. The maximum Gasteiger partial charge on any atom is 0.187 e. The van der Waals surface area contributed by atoms with Crippen LogP contribution in [0.3, 0.4) is 0 Å². The van der Waals surface area contributed by atoms with Gasteiger partial charge < -0.3 is 40.5 Å². The van der Waals surface area contributed by atoms with Gasteiger partial charge in [0.15, 0.2) is 17.7 Å². The van der Waals surface area contributed by atoms with E-state index in [2.05, 4.69) is 46.4 Å². The van der Waals surface area contributed by atoms with Crippen LogP contribution in [0.25, 0.3) is 0 Å². The van der Waals surface area contributed by atoms with E-state index in [0.29, 0.717) is 30.2 Å². The van der Waals surface area contributed by atoms with Crippen LogP contribution in [0, 0.1) is 35.2 Å². The van der Waals surface area contributed by atoms with E-state index in [-0.39, 0.29) is 55.0 Å². The molecule has 2 aromatic carbocycles. The van der Waals surface area contributed by atoms with Gasteiger partial charge in [0.25, 0.3) is 0 Å². The Morgan fingerprint density at radius 2 is 1.93 bits per heavy atom. The Labute approximate surface area is 334 Å². The predicted octanol–water partition coefficient (Wildman–Crippen LogP) is 5.24. The van der Waals surface area contributed by atoms with E-state index < -0.39 is 35.9 Å². The number of aliphatic hydroxyl groups is 3. The minimum absolute atomic E-state index is 0.0222. The second kappa shape index (κ2) is 15.3. The Kier molecular flexibility index (Phi) is 10.2. The molecule has 0 amide bonds. The average molecular weight is 773 g/mol. The number of ether oxygens (including phenoxy) is 2. The van der Waals surface area contributed by atoms with Crippen LogP contribution >= 0.6 is 0 Å². The number of phenolic OH excluding ortho intramolecular Hbond substituents is 1. The molecule has 8 atom stereocenters. The van der Waals surface area contributed by atoms with E-state index in [0.717, 1.165) is 85.0 Å². The Hall–Kier alpha value is -4.62. The summed E-state index contributed by atoms with van der Waals surface area (Å²) in [4.78, 5) is 20.1. The minimum Gasteiger partial charge on any atom is -0.508 e. The number of carbonyl (C=O) groups excluding carboxylic acids is 1. The smallest absolute Gasteiger partial charge is 0.187 e. The molecule has 1 saturated carbocycles. The van der Waals surface area contributed by atoms with Gasteiger partial charge in [-0.1, -0.05) is 56.1 Å². The zero-order chi connectivity index (χ0) is 39.4. The second-order valence-corrected chi connectivity index (χ2v) is 17.0. The second-order valence-electron chi connectivity index (χ2n) is 17.0. The monoisotopic (exact) mass is 772 g/mol. The lowest BCUT2D eigenvalue weighted by molar-refractivity contribution is -0.121. The van der Waals surface area contributed by atoms with Gasteiger partial charge in [0.05, 0.1) is 42.0 Å². The third-order valence-corrected chi connectivity index (χ3v) is 13.3. The lowest BCUT2D eigenvalue weighted by Gasteiger charge is -2.41. The van der Waals surface area contributed by atoms with Crippen LogP contribution in [0.5, 0.6) is 17.2 Å². The third kappa shape index (κ3) is 6.94. The standard InChI is InChI=1S/C46H52N4O7/c1-2-5-28(51)19-30(53)20-29(52)8-6-26-18-41-40(21-39(26)55)56-17-16-46(14-3-4-15-46)36-12-13-38(54)32-10-11-33-42-27(22-49-44(33)47)7-9-31(43(32)42)34-23-48-37-25-50(24-35(34)37)45(36)57-41/h10-11,18,21,23-24,27-28,30-31,36,38,44-45,49,51,53-55H,2-9,14-15,19-20,22,25,47H2,1H3. The number of ketones is 1. The molecule has 2 aliphatic carbocycles. The summed E-state index contributed by atoms with van der Waals surface area (Å²) in [5.74, 6) is 10.6. The molecule has 2 aromatic rings. The van der Waals surface area contributed by atoms with Crippen LogP contribution in [0.15, 0.2) is 52.8 Å². The Balaban J connectivity index is 1.10. The first-order chi connectivity index (χ1) is 27.6. The molecule has 8 unspecified atom stereocenters. The lowest BCUT2D eigenvalue weighted by atomic mass is 9.67. The zero-order valence-electron chi connectivity index (χ0n) is 32.5. The number of nitrogens with two attached hydrogens (primary N) is 1. The fourth-order valence-electron chi connectivity index (χ4n) is 10.5. The summed E-state index contributed by atoms with van der Waals surface area (Å²) < 4.78 is 13.1. The first kappa shape index (κ1) is 37.9. The van der Waals surface area contributed by atoms with Gasteiger partial charge in [-0.05, 0) is 90.3 Å². The summed E-state index contributed by atoms with van der Waals surface area (Å²) >= 11 is 0. The number of hydrogen-bond acceptors (Lipinski definition) is 11. The van der Waals surface area contributed by atoms with Gasteiger partial charge >= 0.3 is 0 Å². The molecule has 1 fully saturated rings. The van der Waals surface area contributed by atoms with Gasteiger partial charge in [-0.2, -0.15) is 0 Å². The van der Waals surface area contributed by atoms with Gasteiger partial charge in [0.2, 0.25) is 0 Å². The third-order valence-electron chi connectivity index (χ3n) is 13.3. The van der Waals surface area contributed by atoms with Crippen molar-refractivity contribution in [2.45, 2.75) is 127 Å². The molecule has 0 aromatic heterocycles. The van der Waals surface area contributed by atoms with Crippen molar-refractivity contribution in [3.63, 3.8) is 0 Å². The van der Waals surface area contributed by atoms with E-state index in [4.69, 9.17) is 20.2 Å². The SMILES string of the molecule is CCCC(O)CC(O)CC(=O)CCc1cc2c(cc1O)OC#CC1(CCCC1)C1C#CC(O)c3ccc4c5c3C(CCC5CNC4N)C3=CN=C4CN(C=C34)C1O2. The summed E-state index contributed by atoms with van der Waals surface area (Å²) in [6.45, 7) is 3.26. The number of aromatic hydroxyl groups is 1.